The summed E-state index contributed by atoms with van der Waals surface area (Å²) in [4.78, 5) is 24.9. The summed E-state index contributed by atoms with van der Waals surface area (Å²) in [6, 6.07) is 15.7. The summed E-state index contributed by atoms with van der Waals surface area (Å²) in [6.45, 7) is 5.00. The minimum Gasteiger partial charge on any atom is -0.466 e. The Morgan fingerprint density at radius 3 is 2.32 bits per heavy atom. The van der Waals surface area contributed by atoms with Crippen molar-refractivity contribution in [2.45, 2.75) is 57.9 Å². The van der Waals surface area contributed by atoms with Crippen LogP contribution in [0.25, 0.3) is 0 Å². The number of benzene rings is 2. The molecular weight excluding hydrogens is 449 g/mol. The van der Waals surface area contributed by atoms with Gasteiger partial charge in [0.25, 0.3) is 5.91 Å². The number of carbonyl (C=O) groups is 2. The molecule has 0 aromatic heterocycles. The smallest absolute Gasteiger partial charge is 0.389 e. The fourth-order valence-electron chi connectivity index (χ4n) is 3.37. The Labute approximate surface area is 196 Å². The van der Waals surface area contributed by atoms with Gasteiger partial charge in [-0.05, 0) is 50.5 Å². The van der Waals surface area contributed by atoms with E-state index in [0.29, 0.717) is 17.0 Å². The SMILES string of the molecule is CC(C)(C)OC(=O)C(CCC(F)(F)F)c1ccc(CN2N=C(c3ccccc3)OCC2=O)cc1. The van der Waals surface area contributed by atoms with Gasteiger partial charge in [0.15, 0.2) is 6.61 Å². The van der Waals surface area contributed by atoms with E-state index in [0.717, 1.165) is 5.56 Å². The van der Waals surface area contributed by atoms with Crippen LogP contribution in [-0.2, 0) is 25.6 Å². The van der Waals surface area contributed by atoms with E-state index >= 15 is 0 Å². The van der Waals surface area contributed by atoms with Gasteiger partial charge in [-0.3, -0.25) is 9.59 Å². The Balaban J connectivity index is 1.76. The van der Waals surface area contributed by atoms with Crippen LogP contribution in [0, 0.1) is 0 Å². The number of hydrazone groups is 1. The van der Waals surface area contributed by atoms with E-state index in [4.69, 9.17) is 9.47 Å². The molecule has 0 radical (unpaired) electrons. The number of esters is 1. The Morgan fingerprint density at radius 2 is 1.74 bits per heavy atom. The van der Waals surface area contributed by atoms with E-state index in [-0.39, 0.29) is 19.1 Å². The molecular formula is C25H27F3N2O4. The summed E-state index contributed by atoms with van der Waals surface area (Å²) in [5.41, 5.74) is 1.04. The van der Waals surface area contributed by atoms with Gasteiger partial charge < -0.3 is 9.47 Å². The number of carbonyl (C=O) groups excluding carboxylic acids is 2. The Morgan fingerprint density at radius 1 is 1.09 bits per heavy atom. The average molecular weight is 476 g/mol. The number of ether oxygens (including phenoxy) is 2. The molecule has 0 fully saturated rings. The molecule has 0 saturated heterocycles. The lowest BCUT2D eigenvalue weighted by molar-refractivity contribution is -0.159. The standard InChI is InChI=1S/C25H27F3N2O4/c1-24(2,3)34-23(32)20(13-14-25(26,27)28)18-11-9-17(10-12-18)15-30-21(31)16-33-22(29-30)19-7-5-4-6-8-19/h4-12,20H,13-16H2,1-3H3. The first-order valence-electron chi connectivity index (χ1n) is 10.9. The van der Waals surface area contributed by atoms with Gasteiger partial charge in [-0.15, -0.1) is 5.10 Å². The molecule has 0 bridgehead atoms. The average Bonchev–Trinajstić information content (AvgIpc) is 2.75. The molecule has 9 heteroatoms. The molecule has 1 amide bonds. The van der Waals surface area contributed by atoms with Crippen LogP contribution in [0.1, 0.15) is 56.2 Å². The van der Waals surface area contributed by atoms with Gasteiger partial charge in [0.1, 0.15) is 5.60 Å². The number of nitrogens with zero attached hydrogens (tertiary/aromatic N) is 2. The molecule has 34 heavy (non-hydrogen) atoms. The van der Waals surface area contributed by atoms with Crippen LogP contribution in [0.3, 0.4) is 0 Å². The van der Waals surface area contributed by atoms with Crippen LogP contribution in [0.2, 0.25) is 0 Å². The first kappa shape index (κ1) is 25.3. The Hall–Kier alpha value is -3.36. The molecule has 182 valence electrons. The maximum Gasteiger partial charge on any atom is 0.389 e. The number of hydrogen-bond acceptors (Lipinski definition) is 5. The quantitative estimate of drug-likeness (QED) is 0.517. The van der Waals surface area contributed by atoms with Crippen molar-refractivity contribution in [3.05, 3.63) is 71.3 Å². The van der Waals surface area contributed by atoms with Crippen molar-refractivity contribution < 1.29 is 32.2 Å². The first-order chi connectivity index (χ1) is 15.9. The topological polar surface area (TPSA) is 68.2 Å². The summed E-state index contributed by atoms with van der Waals surface area (Å²) < 4.78 is 49.3. The van der Waals surface area contributed by atoms with Gasteiger partial charge in [0.05, 0.1) is 12.5 Å². The number of rotatable bonds is 7. The van der Waals surface area contributed by atoms with Gasteiger partial charge in [-0.1, -0.05) is 42.5 Å². The second kappa shape index (κ2) is 10.3. The molecule has 1 heterocycles. The van der Waals surface area contributed by atoms with Gasteiger partial charge in [0.2, 0.25) is 5.90 Å². The van der Waals surface area contributed by atoms with Crippen molar-refractivity contribution >= 4 is 17.8 Å². The Kier molecular flexibility index (Phi) is 7.64. The molecule has 1 aliphatic heterocycles. The van der Waals surface area contributed by atoms with E-state index < -0.39 is 36.5 Å². The molecule has 2 aromatic rings. The molecule has 0 N–H and O–H groups in total. The lowest BCUT2D eigenvalue weighted by Gasteiger charge is -2.25. The monoisotopic (exact) mass is 476 g/mol. The second-order valence-electron chi connectivity index (χ2n) is 8.99. The molecule has 1 aliphatic rings. The summed E-state index contributed by atoms with van der Waals surface area (Å²) in [5.74, 6) is -1.75. The molecule has 0 saturated carbocycles. The van der Waals surface area contributed by atoms with Crippen LogP contribution in [0.5, 0.6) is 0 Å². The highest BCUT2D eigenvalue weighted by atomic mass is 19.4. The van der Waals surface area contributed by atoms with Crippen molar-refractivity contribution in [3.63, 3.8) is 0 Å². The number of amides is 1. The normalized spacial score (nSPS) is 15.4. The van der Waals surface area contributed by atoms with Crippen molar-refractivity contribution in [2.24, 2.45) is 5.10 Å². The first-order valence-corrected chi connectivity index (χ1v) is 10.9. The number of hydrogen-bond donors (Lipinski definition) is 0. The molecule has 1 atom stereocenters. The minimum atomic E-state index is -4.38. The highest BCUT2D eigenvalue weighted by Gasteiger charge is 2.33. The Bertz CT molecular complexity index is 1030. The highest BCUT2D eigenvalue weighted by Crippen LogP contribution is 2.31. The fourth-order valence-corrected chi connectivity index (χ4v) is 3.37. The summed E-state index contributed by atoms with van der Waals surface area (Å²) in [7, 11) is 0. The number of alkyl halides is 3. The molecule has 0 aliphatic carbocycles. The van der Waals surface area contributed by atoms with Crippen molar-refractivity contribution in [2.75, 3.05) is 6.61 Å². The van der Waals surface area contributed by atoms with E-state index in [1.54, 1.807) is 45.0 Å². The van der Waals surface area contributed by atoms with Crippen LogP contribution >= 0.6 is 0 Å². The molecule has 3 rings (SSSR count). The van der Waals surface area contributed by atoms with Crippen LogP contribution in [-0.4, -0.2) is 41.2 Å². The molecule has 0 spiro atoms. The zero-order valence-electron chi connectivity index (χ0n) is 19.3. The van der Waals surface area contributed by atoms with E-state index in [1.807, 2.05) is 30.3 Å². The zero-order chi connectivity index (χ0) is 24.9. The summed E-state index contributed by atoms with van der Waals surface area (Å²) >= 11 is 0. The van der Waals surface area contributed by atoms with Gasteiger partial charge in [-0.2, -0.15) is 13.2 Å². The van der Waals surface area contributed by atoms with Crippen molar-refractivity contribution in [3.8, 4) is 0 Å². The minimum absolute atomic E-state index is 0.149. The summed E-state index contributed by atoms with van der Waals surface area (Å²) in [5, 5.41) is 5.58. The predicted octanol–water partition coefficient (Wildman–Crippen LogP) is 5.18. The van der Waals surface area contributed by atoms with Gasteiger partial charge in [0, 0.05) is 12.0 Å². The third-order valence-corrected chi connectivity index (χ3v) is 4.97. The third kappa shape index (κ3) is 7.33. The van der Waals surface area contributed by atoms with E-state index in [2.05, 4.69) is 5.10 Å². The lowest BCUT2D eigenvalue weighted by atomic mass is 9.93. The predicted molar refractivity (Wildman–Crippen MR) is 120 cm³/mol. The largest absolute Gasteiger partial charge is 0.466 e. The zero-order valence-corrected chi connectivity index (χ0v) is 19.3. The lowest BCUT2D eigenvalue weighted by Crippen LogP contribution is -2.36. The van der Waals surface area contributed by atoms with Crippen molar-refractivity contribution in [1.29, 1.82) is 0 Å². The highest BCUT2D eigenvalue weighted by molar-refractivity contribution is 5.97. The maximum atomic E-state index is 12.8. The van der Waals surface area contributed by atoms with E-state index in [1.165, 1.54) is 5.01 Å². The molecule has 1 unspecified atom stereocenters. The number of halogens is 3. The summed E-state index contributed by atoms with van der Waals surface area (Å²) in [6.07, 6.45) is -5.90. The van der Waals surface area contributed by atoms with E-state index in [9.17, 15) is 22.8 Å². The maximum absolute atomic E-state index is 12.8. The third-order valence-electron chi connectivity index (χ3n) is 4.97. The fraction of sp³-hybridized carbons (Fsp3) is 0.400. The molecule has 2 aromatic carbocycles. The molecule has 6 nitrogen and oxygen atoms in total. The van der Waals surface area contributed by atoms with Crippen LogP contribution < -0.4 is 0 Å². The van der Waals surface area contributed by atoms with Crippen molar-refractivity contribution in [1.82, 2.24) is 5.01 Å². The van der Waals surface area contributed by atoms with Gasteiger partial charge in [-0.25, -0.2) is 5.01 Å². The second-order valence-corrected chi connectivity index (χ2v) is 8.99. The van der Waals surface area contributed by atoms with Gasteiger partial charge >= 0.3 is 12.1 Å². The van der Waals surface area contributed by atoms with Crippen LogP contribution in [0.15, 0.2) is 59.7 Å². The van der Waals surface area contributed by atoms with Crippen LogP contribution in [0.4, 0.5) is 13.2 Å².